The van der Waals surface area contributed by atoms with E-state index in [2.05, 4.69) is 0 Å². The molecule has 0 saturated heterocycles. The molecule has 0 radical (unpaired) electrons. The number of esters is 1. The fraction of sp³-hybridized carbons (Fsp3) is 0.900. The average molecular weight is 239 g/mol. The monoisotopic (exact) mass is 239 g/mol. The van der Waals surface area contributed by atoms with Crippen LogP contribution < -0.4 is 5.73 Å². The predicted molar refractivity (Wildman–Crippen MR) is 51.5 cm³/mol. The van der Waals surface area contributed by atoms with Crippen LogP contribution in [-0.2, 0) is 9.53 Å². The minimum absolute atomic E-state index is 0.0282. The molecule has 0 aromatic heterocycles. The molecular formula is C10H16F3NO2. The maximum Gasteiger partial charge on any atom is 0.391 e. The van der Waals surface area contributed by atoms with Crippen LogP contribution in [0.2, 0.25) is 0 Å². The third kappa shape index (κ3) is 3.66. The van der Waals surface area contributed by atoms with Gasteiger partial charge in [0.2, 0.25) is 0 Å². The minimum atomic E-state index is -4.13. The highest BCUT2D eigenvalue weighted by molar-refractivity contribution is 5.75. The van der Waals surface area contributed by atoms with E-state index in [4.69, 9.17) is 10.5 Å². The molecule has 6 heteroatoms. The van der Waals surface area contributed by atoms with E-state index in [9.17, 15) is 18.0 Å². The quantitative estimate of drug-likeness (QED) is 0.750. The lowest BCUT2D eigenvalue weighted by molar-refractivity contribution is -0.188. The van der Waals surface area contributed by atoms with Gasteiger partial charge in [0.15, 0.2) is 0 Å². The van der Waals surface area contributed by atoms with Crippen molar-refractivity contribution in [2.24, 2.45) is 11.7 Å². The molecule has 16 heavy (non-hydrogen) atoms. The van der Waals surface area contributed by atoms with Gasteiger partial charge in [-0.3, -0.25) is 4.79 Å². The van der Waals surface area contributed by atoms with Crippen molar-refractivity contribution in [3.05, 3.63) is 0 Å². The lowest BCUT2D eigenvalue weighted by Gasteiger charge is -2.29. The third-order valence-corrected chi connectivity index (χ3v) is 2.79. The maximum atomic E-state index is 12.3. The summed E-state index contributed by atoms with van der Waals surface area (Å²) in [5.74, 6) is -1.80. The van der Waals surface area contributed by atoms with Crippen molar-refractivity contribution >= 4 is 5.97 Å². The molecule has 1 aliphatic carbocycles. The predicted octanol–water partition coefficient (Wildman–Crippen LogP) is 2.00. The maximum absolute atomic E-state index is 12.3. The minimum Gasteiger partial charge on any atom is -0.461 e. The van der Waals surface area contributed by atoms with Gasteiger partial charge in [-0.25, -0.2) is 0 Å². The van der Waals surface area contributed by atoms with Crippen molar-refractivity contribution in [2.45, 2.75) is 50.9 Å². The topological polar surface area (TPSA) is 52.3 Å². The zero-order valence-corrected chi connectivity index (χ0v) is 9.09. The Morgan fingerprint density at radius 2 is 1.81 bits per heavy atom. The van der Waals surface area contributed by atoms with Gasteiger partial charge >= 0.3 is 12.1 Å². The summed E-state index contributed by atoms with van der Waals surface area (Å²) in [5.41, 5.74) is 5.30. The van der Waals surface area contributed by atoms with E-state index in [1.54, 1.807) is 0 Å². The van der Waals surface area contributed by atoms with E-state index in [1.807, 2.05) is 0 Å². The Balaban J connectivity index is 2.35. The molecule has 0 aromatic rings. The van der Waals surface area contributed by atoms with Crippen molar-refractivity contribution in [3.8, 4) is 0 Å². The molecule has 3 nitrogen and oxygen atoms in total. The van der Waals surface area contributed by atoms with Gasteiger partial charge in [0.05, 0.1) is 5.92 Å². The summed E-state index contributed by atoms with van der Waals surface area (Å²) in [7, 11) is 0. The molecule has 0 aliphatic heterocycles. The molecule has 1 aliphatic rings. The Morgan fingerprint density at radius 3 is 2.19 bits per heavy atom. The Bertz CT molecular complexity index is 245. The number of hydrogen-bond acceptors (Lipinski definition) is 3. The first-order valence-electron chi connectivity index (χ1n) is 5.33. The van der Waals surface area contributed by atoms with Crippen LogP contribution in [0.1, 0.15) is 32.6 Å². The van der Waals surface area contributed by atoms with Crippen molar-refractivity contribution in [2.75, 3.05) is 0 Å². The smallest absolute Gasteiger partial charge is 0.391 e. The fourth-order valence-electron chi connectivity index (χ4n) is 1.78. The van der Waals surface area contributed by atoms with Crippen molar-refractivity contribution < 1.29 is 22.7 Å². The Hall–Kier alpha value is -0.780. The van der Waals surface area contributed by atoms with Crippen LogP contribution in [0.3, 0.4) is 0 Å². The lowest BCUT2D eigenvalue weighted by Crippen LogP contribution is -2.36. The van der Waals surface area contributed by atoms with Crippen molar-refractivity contribution in [1.29, 1.82) is 0 Å². The second-order valence-electron chi connectivity index (χ2n) is 4.24. The number of hydrogen-bond donors (Lipinski definition) is 1. The van der Waals surface area contributed by atoms with E-state index in [1.165, 1.54) is 6.92 Å². The Labute approximate surface area is 92.1 Å². The van der Waals surface area contributed by atoms with Crippen LogP contribution >= 0.6 is 0 Å². The zero-order valence-electron chi connectivity index (χ0n) is 9.09. The average Bonchev–Trinajstić information content (AvgIpc) is 2.17. The van der Waals surface area contributed by atoms with Crippen molar-refractivity contribution in [3.63, 3.8) is 0 Å². The van der Waals surface area contributed by atoms with Crippen LogP contribution in [0.15, 0.2) is 0 Å². The summed E-state index contributed by atoms with van der Waals surface area (Å²) in [6, 6.07) is -0.722. The first kappa shape index (κ1) is 13.3. The van der Waals surface area contributed by atoms with Crippen LogP contribution in [0.4, 0.5) is 13.2 Å². The molecular weight excluding hydrogens is 223 g/mol. The molecule has 2 N–H and O–H groups in total. The zero-order chi connectivity index (χ0) is 12.3. The first-order valence-corrected chi connectivity index (χ1v) is 5.33. The number of alkyl halides is 3. The lowest BCUT2D eigenvalue weighted by atomic mass is 9.87. The van der Waals surface area contributed by atoms with Crippen LogP contribution in [-0.4, -0.2) is 24.3 Å². The summed E-state index contributed by atoms with van der Waals surface area (Å²) in [4.78, 5) is 11.1. The van der Waals surface area contributed by atoms with Crippen LogP contribution in [0.5, 0.6) is 0 Å². The van der Waals surface area contributed by atoms with Gasteiger partial charge in [0.25, 0.3) is 0 Å². The summed E-state index contributed by atoms with van der Waals surface area (Å²) >= 11 is 0. The van der Waals surface area contributed by atoms with Gasteiger partial charge in [-0.15, -0.1) is 0 Å². The van der Waals surface area contributed by atoms with E-state index >= 15 is 0 Å². The molecule has 0 bridgehead atoms. The van der Waals surface area contributed by atoms with Crippen LogP contribution in [0.25, 0.3) is 0 Å². The number of carbonyl (C=O) groups is 1. The van der Waals surface area contributed by atoms with E-state index < -0.39 is 30.2 Å². The van der Waals surface area contributed by atoms with Crippen LogP contribution in [0, 0.1) is 5.92 Å². The number of halogens is 3. The Kier molecular flexibility index (Phi) is 4.18. The molecule has 0 amide bonds. The number of ether oxygens (including phenoxy) is 1. The summed E-state index contributed by atoms with van der Waals surface area (Å²) in [5, 5.41) is 0. The van der Waals surface area contributed by atoms with Gasteiger partial charge in [-0.05, 0) is 32.6 Å². The van der Waals surface area contributed by atoms with Gasteiger partial charge in [0, 0.05) is 0 Å². The van der Waals surface area contributed by atoms with Gasteiger partial charge in [0.1, 0.15) is 12.1 Å². The molecule has 1 rings (SSSR count). The second kappa shape index (κ2) is 5.03. The molecule has 1 atom stereocenters. The van der Waals surface area contributed by atoms with E-state index in [0.717, 1.165) is 0 Å². The molecule has 1 fully saturated rings. The molecule has 0 heterocycles. The Morgan fingerprint density at radius 1 is 1.31 bits per heavy atom. The van der Waals surface area contributed by atoms with E-state index in [0.29, 0.717) is 0 Å². The highest BCUT2D eigenvalue weighted by atomic mass is 19.4. The number of rotatable bonds is 2. The standard InChI is InChI=1S/C10H16F3NO2/c1-6(14)9(15)16-8-4-2-7(3-5-8)10(11,12)13/h6-8H,2-5,14H2,1H3/t6-,7?,8?/m0/s1. The van der Waals surface area contributed by atoms with Crippen molar-refractivity contribution in [1.82, 2.24) is 0 Å². The molecule has 0 spiro atoms. The molecule has 94 valence electrons. The summed E-state index contributed by atoms with van der Waals surface area (Å²) in [6.07, 6.45) is -3.94. The summed E-state index contributed by atoms with van der Waals surface area (Å²) < 4.78 is 42.0. The molecule has 0 unspecified atom stereocenters. The first-order chi connectivity index (χ1) is 7.30. The normalized spacial score (nSPS) is 28.6. The number of carbonyl (C=O) groups excluding carboxylic acids is 1. The van der Waals surface area contributed by atoms with Gasteiger partial charge in [-0.1, -0.05) is 0 Å². The SMILES string of the molecule is C[C@H](N)C(=O)OC1CCC(C(F)(F)F)CC1. The number of nitrogens with two attached hydrogens (primary N) is 1. The molecule has 0 aromatic carbocycles. The fourth-order valence-corrected chi connectivity index (χ4v) is 1.78. The highest BCUT2D eigenvalue weighted by Gasteiger charge is 2.42. The second-order valence-corrected chi connectivity index (χ2v) is 4.24. The summed E-state index contributed by atoms with van der Waals surface area (Å²) in [6.45, 7) is 1.49. The molecule has 1 saturated carbocycles. The highest BCUT2D eigenvalue weighted by Crippen LogP contribution is 2.38. The largest absolute Gasteiger partial charge is 0.461 e. The van der Waals surface area contributed by atoms with Gasteiger partial charge < -0.3 is 10.5 Å². The van der Waals surface area contributed by atoms with E-state index in [-0.39, 0.29) is 25.7 Å². The third-order valence-electron chi connectivity index (χ3n) is 2.79. The van der Waals surface area contributed by atoms with Gasteiger partial charge in [-0.2, -0.15) is 13.2 Å².